The van der Waals surface area contributed by atoms with Gasteiger partial charge < -0.3 is 14.9 Å². The van der Waals surface area contributed by atoms with Crippen molar-refractivity contribution in [1.82, 2.24) is 9.80 Å². The normalized spacial score (nSPS) is 23.6. The first-order valence-electron chi connectivity index (χ1n) is 6.23. The zero-order valence-electron chi connectivity index (χ0n) is 10.3. The van der Waals surface area contributed by atoms with Crippen LogP contribution < -0.4 is 0 Å². The Balaban J connectivity index is 2.13. The highest BCUT2D eigenvalue weighted by Gasteiger charge is 2.20. The van der Waals surface area contributed by atoms with E-state index in [1.807, 2.05) is 0 Å². The topological polar surface area (TPSA) is 26.7 Å². The molecule has 0 aromatic rings. The predicted molar refractivity (Wildman–Crippen MR) is 64.1 cm³/mol. The Hall–Kier alpha value is -0.120. The van der Waals surface area contributed by atoms with Crippen molar-refractivity contribution in [2.24, 2.45) is 0 Å². The van der Waals surface area contributed by atoms with Gasteiger partial charge in [0.15, 0.2) is 0 Å². The molecule has 3 heteroatoms. The third kappa shape index (κ3) is 4.96. The minimum atomic E-state index is 0.348. The fourth-order valence-corrected chi connectivity index (χ4v) is 2.28. The molecule has 0 aromatic carbocycles. The number of rotatable bonds is 6. The SMILES string of the molecule is CN(C)C1CCCN(CCCCCO)C1. The van der Waals surface area contributed by atoms with E-state index in [9.17, 15) is 0 Å². The highest BCUT2D eigenvalue weighted by atomic mass is 16.2. The zero-order chi connectivity index (χ0) is 11.1. The van der Waals surface area contributed by atoms with Crippen LogP contribution in [0.1, 0.15) is 32.1 Å². The molecule has 0 amide bonds. The molecule has 1 unspecified atom stereocenters. The maximum atomic E-state index is 8.70. The Labute approximate surface area is 94.1 Å². The Morgan fingerprint density at radius 3 is 2.73 bits per heavy atom. The van der Waals surface area contributed by atoms with Crippen molar-refractivity contribution in [3.63, 3.8) is 0 Å². The summed E-state index contributed by atoms with van der Waals surface area (Å²) in [6.07, 6.45) is 6.05. The van der Waals surface area contributed by atoms with Gasteiger partial charge in [-0.1, -0.05) is 0 Å². The Bertz CT molecular complexity index is 162. The van der Waals surface area contributed by atoms with Crippen LogP contribution in [-0.4, -0.2) is 61.3 Å². The summed E-state index contributed by atoms with van der Waals surface area (Å²) in [6, 6.07) is 0.747. The van der Waals surface area contributed by atoms with E-state index in [1.165, 1.54) is 45.3 Å². The number of piperidine rings is 1. The third-order valence-electron chi connectivity index (χ3n) is 3.34. The molecular formula is C12H26N2O. The molecule has 0 spiro atoms. The molecule has 1 aliphatic rings. The summed E-state index contributed by atoms with van der Waals surface area (Å²) in [5, 5.41) is 8.70. The van der Waals surface area contributed by atoms with Crippen molar-refractivity contribution < 1.29 is 5.11 Å². The molecule has 0 saturated carbocycles. The van der Waals surface area contributed by atoms with Gasteiger partial charge in [0.1, 0.15) is 0 Å². The van der Waals surface area contributed by atoms with Crippen molar-refractivity contribution in [3.8, 4) is 0 Å². The highest BCUT2D eigenvalue weighted by Crippen LogP contribution is 2.14. The van der Waals surface area contributed by atoms with Gasteiger partial charge in [-0.3, -0.25) is 0 Å². The highest BCUT2D eigenvalue weighted by molar-refractivity contribution is 4.77. The van der Waals surface area contributed by atoms with Gasteiger partial charge in [0, 0.05) is 19.2 Å². The van der Waals surface area contributed by atoms with E-state index in [4.69, 9.17) is 5.11 Å². The minimum absolute atomic E-state index is 0.348. The molecule has 0 bridgehead atoms. The first-order valence-corrected chi connectivity index (χ1v) is 6.23. The predicted octanol–water partition coefficient (Wildman–Crippen LogP) is 1.17. The lowest BCUT2D eigenvalue weighted by Gasteiger charge is -2.36. The maximum absolute atomic E-state index is 8.70. The van der Waals surface area contributed by atoms with Crippen LogP contribution in [0.2, 0.25) is 0 Å². The number of aliphatic hydroxyl groups excluding tert-OH is 1. The van der Waals surface area contributed by atoms with Gasteiger partial charge in [0.05, 0.1) is 0 Å². The van der Waals surface area contributed by atoms with Crippen LogP contribution in [-0.2, 0) is 0 Å². The summed E-state index contributed by atoms with van der Waals surface area (Å²) in [7, 11) is 4.36. The van der Waals surface area contributed by atoms with E-state index in [0.717, 1.165) is 12.5 Å². The summed E-state index contributed by atoms with van der Waals surface area (Å²) in [5.74, 6) is 0. The van der Waals surface area contributed by atoms with E-state index >= 15 is 0 Å². The Kier molecular flexibility index (Phi) is 6.22. The second-order valence-corrected chi connectivity index (χ2v) is 4.84. The monoisotopic (exact) mass is 214 g/mol. The summed E-state index contributed by atoms with van der Waals surface area (Å²) in [5.41, 5.74) is 0. The average Bonchev–Trinajstić information content (AvgIpc) is 2.25. The van der Waals surface area contributed by atoms with E-state index in [1.54, 1.807) is 0 Å². The van der Waals surface area contributed by atoms with Crippen molar-refractivity contribution in [3.05, 3.63) is 0 Å². The number of nitrogens with zero attached hydrogens (tertiary/aromatic N) is 2. The van der Waals surface area contributed by atoms with Crippen molar-refractivity contribution in [2.45, 2.75) is 38.1 Å². The second-order valence-electron chi connectivity index (χ2n) is 4.84. The molecule has 0 aromatic heterocycles. The van der Waals surface area contributed by atoms with Gasteiger partial charge in [-0.05, 0) is 59.3 Å². The number of unbranched alkanes of at least 4 members (excludes halogenated alkanes) is 2. The first-order chi connectivity index (χ1) is 7.24. The van der Waals surface area contributed by atoms with Crippen LogP contribution in [0, 0.1) is 0 Å². The lowest BCUT2D eigenvalue weighted by molar-refractivity contribution is 0.131. The number of likely N-dealkylation sites (tertiary alicyclic amines) is 1. The van der Waals surface area contributed by atoms with Gasteiger partial charge in [-0.2, -0.15) is 0 Å². The Morgan fingerprint density at radius 2 is 2.07 bits per heavy atom. The molecule has 1 atom stereocenters. The molecule has 0 aliphatic carbocycles. The fourth-order valence-electron chi connectivity index (χ4n) is 2.28. The van der Waals surface area contributed by atoms with Crippen LogP contribution in [0.4, 0.5) is 0 Å². The third-order valence-corrected chi connectivity index (χ3v) is 3.34. The minimum Gasteiger partial charge on any atom is -0.396 e. The molecule has 3 nitrogen and oxygen atoms in total. The first kappa shape index (κ1) is 12.9. The number of aliphatic hydroxyl groups is 1. The summed E-state index contributed by atoms with van der Waals surface area (Å²) in [4.78, 5) is 4.92. The molecule has 0 radical (unpaired) electrons. The quantitative estimate of drug-likeness (QED) is 0.673. The van der Waals surface area contributed by atoms with Crippen molar-refractivity contribution >= 4 is 0 Å². The van der Waals surface area contributed by atoms with Gasteiger partial charge in [0.2, 0.25) is 0 Å². The zero-order valence-corrected chi connectivity index (χ0v) is 10.3. The van der Waals surface area contributed by atoms with Crippen LogP contribution >= 0.6 is 0 Å². The Morgan fingerprint density at radius 1 is 1.27 bits per heavy atom. The lowest BCUT2D eigenvalue weighted by Crippen LogP contribution is -2.45. The lowest BCUT2D eigenvalue weighted by atomic mass is 10.0. The van der Waals surface area contributed by atoms with Crippen LogP contribution in [0.15, 0.2) is 0 Å². The van der Waals surface area contributed by atoms with Crippen molar-refractivity contribution in [1.29, 1.82) is 0 Å². The van der Waals surface area contributed by atoms with Gasteiger partial charge >= 0.3 is 0 Å². The van der Waals surface area contributed by atoms with Crippen LogP contribution in [0.5, 0.6) is 0 Å². The molecule has 1 N–H and O–H groups in total. The summed E-state index contributed by atoms with van der Waals surface area (Å²) in [6.45, 7) is 4.06. The summed E-state index contributed by atoms with van der Waals surface area (Å²) >= 11 is 0. The van der Waals surface area contributed by atoms with E-state index < -0.39 is 0 Å². The summed E-state index contributed by atoms with van der Waals surface area (Å²) < 4.78 is 0. The molecule has 1 saturated heterocycles. The van der Waals surface area contributed by atoms with Gasteiger partial charge in [-0.25, -0.2) is 0 Å². The molecule has 15 heavy (non-hydrogen) atoms. The number of likely N-dealkylation sites (N-methyl/N-ethyl adjacent to an activating group) is 1. The number of hydrogen-bond acceptors (Lipinski definition) is 3. The number of hydrogen-bond donors (Lipinski definition) is 1. The molecule has 90 valence electrons. The molecule has 1 fully saturated rings. The maximum Gasteiger partial charge on any atom is 0.0431 e. The fraction of sp³-hybridized carbons (Fsp3) is 1.00. The van der Waals surface area contributed by atoms with E-state index in [-0.39, 0.29) is 0 Å². The van der Waals surface area contributed by atoms with Gasteiger partial charge in [0.25, 0.3) is 0 Å². The molecular weight excluding hydrogens is 188 g/mol. The van der Waals surface area contributed by atoms with Crippen LogP contribution in [0.3, 0.4) is 0 Å². The largest absolute Gasteiger partial charge is 0.396 e. The average molecular weight is 214 g/mol. The standard InChI is InChI=1S/C12H26N2O/c1-13(2)12-7-6-9-14(11-12)8-4-3-5-10-15/h12,15H,3-11H2,1-2H3. The molecule has 1 aliphatic heterocycles. The second kappa shape index (κ2) is 7.20. The molecule has 1 rings (SSSR count). The smallest absolute Gasteiger partial charge is 0.0431 e. The van der Waals surface area contributed by atoms with E-state index in [2.05, 4.69) is 23.9 Å². The van der Waals surface area contributed by atoms with Crippen molar-refractivity contribution in [2.75, 3.05) is 40.3 Å². The van der Waals surface area contributed by atoms with E-state index in [0.29, 0.717) is 6.61 Å². The van der Waals surface area contributed by atoms with Crippen LogP contribution in [0.25, 0.3) is 0 Å². The van der Waals surface area contributed by atoms with Gasteiger partial charge in [-0.15, -0.1) is 0 Å². The molecule has 1 heterocycles.